The molecule has 0 spiro atoms. The summed E-state index contributed by atoms with van der Waals surface area (Å²) >= 11 is 0. The summed E-state index contributed by atoms with van der Waals surface area (Å²) in [7, 11) is -1.86. The molecule has 11 nitrogen and oxygen atoms in total. The highest BCUT2D eigenvalue weighted by atomic mass is 32.2. The van der Waals surface area contributed by atoms with Gasteiger partial charge in [0.25, 0.3) is 0 Å². The lowest BCUT2D eigenvalue weighted by Crippen LogP contribution is -2.49. The van der Waals surface area contributed by atoms with Crippen molar-refractivity contribution in [3.63, 3.8) is 0 Å². The van der Waals surface area contributed by atoms with Crippen LogP contribution in [-0.4, -0.2) is 85.2 Å². The number of amides is 1. The summed E-state index contributed by atoms with van der Waals surface area (Å²) in [5.74, 6) is -3.91. The lowest BCUT2D eigenvalue weighted by molar-refractivity contribution is -0.123. The number of aromatic nitrogens is 2. The number of likely N-dealkylation sites (N-methyl/N-ethyl adjacent to an activating group) is 1. The average molecular weight is 544 g/mol. The van der Waals surface area contributed by atoms with E-state index in [2.05, 4.69) is 30.4 Å². The Morgan fingerprint density at radius 2 is 1.95 bits per heavy atom. The standard InChI is InChI=1S/C25H30FN7O4S/c1-32-4-6-33(7-5-32)18-3-2-14-10-15(18)19(34)12-38(36,37)20-9-13-8-16(20)22(21(13)23(27)35)30-24-17(26)11-28-25(29-14)31-24/h2-3,10-11,13,16,20-22H,4-9,12H2,1H3,(H2,27,35)(H2,28,29,30,31)/t13-,16-,20-,21+,22-/m1/s1. The van der Waals surface area contributed by atoms with Gasteiger partial charge in [0.05, 0.1) is 17.4 Å². The van der Waals surface area contributed by atoms with Crippen LogP contribution < -0.4 is 21.3 Å². The first-order valence-corrected chi connectivity index (χ1v) is 14.5. The zero-order valence-electron chi connectivity index (χ0n) is 20.9. The van der Waals surface area contributed by atoms with Crippen molar-refractivity contribution in [1.29, 1.82) is 0 Å². The summed E-state index contributed by atoms with van der Waals surface area (Å²) in [6.45, 7) is 3.04. The van der Waals surface area contributed by atoms with Crippen LogP contribution in [0, 0.1) is 23.6 Å². The van der Waals surface area contributed by atoms with Crippen LogP contribution in [0.5, 0.6) is 0 Å². The molecule has 38 heavy (non-hydrogen) atoms. The molecule has 1 aromatic heterocycles. The van der Waals surface area contributed by atoms with Crippen molar-refractivity contribution in [2.45, 2.75) is 24.1 Å². The van der Waals surface area contributed by atoms with Crippen LogP contribution in [0.15, 0.2) is 24.4 Å². The first kappa shape index (κ1) is 25.0. The van der Waals surface area contributed by atoms with Gasteiger partial charge in [-0.05, 0) is 49.9 Å². The van der Waals surface area contributed by atoms with Gasteiger partial charge in [0.1, 0.15) is 5.75 Å². The maximum Gasteiger partial charge on any atom is 0.229 e. The molecule has 1 aromatic carbocycles. The van der Waals surface area contributed by atoms with Crippen molar-refractivity contribution in [3.05, 3.63) is 35.8 Å². The van der Waals surface area contributed by atoms with Crippen LogP contribution in [0.3, 0.4) is 0 Å². The van der Waals surface area contributed by atoms with Crippen LogP contribution in [0.1, 0.15) is 23.2 Å². The van der Waals surface area contributed by atoms with E-state index in [9.17, 15) is 22.4 Å². The lowest BCUT2D eigenvalue weighted by atomic mass is 9.83. The Hall–Kier alpha value is -3.32. The predicted octanol–water partition coefficient (Wildman–Crippen LogP) is 1.01. The second-order valence-electron chi connectivity index (χ2n) is 10.8. The molecule has 2 aliphatic heterocycles. The fraction of sp³-hybridized carbons (Fsp3) is 0.520. The number of fused-ring (bicyclic) bond motifs is 5. The monoisotopic (exact) mass is 543 g/mol. The topological polar surface area (TPSA) is 151 Å². The number of nitrogens with one attached hydrogen (secondary N) is 2. The van der Waals surface area contributed by atoms with E-state index in [0.717, 1.165) is 19.3 Å². The minimum Gasteiger partial charge on any atom is -0.369 e. The number of halogens is 1. The number of sulfone groups is 1. The smallest absolute Gasteiger partial charge is 0.229 e. The summed E-state index contributed by atoms with van der Waals surface area (Å²) in [6, 6.07) is 4.45. The van der Waals surface area contributed by atoms with E-state index in [-0.39, 0.29) is 24.1 Å². The SMILES string of the molecule is CN1CCN(c2ccc3cc2C(=O)CS(=O)(=O)[C@@H]2C[C@H]4C[C@H]2[C@@H](Nc2nc(ncc2F)N3)[C@H]4C(N)=O)CC1. The maximum atomic E-state index is 14.8. The summed E-state index contributed by atoms with van der Waals surface area (Å²) in [6.07, 6.45) is 1.70. The Morgan fingerprint density at radius 1 is 1.18 bits per heavy atom. The van der Waals surface area contributed by atoms with Crippen LogP contribution in [0.4, 0.5) is 27.5 Å². The third-order valence-electron chi connectivity index (χ3n) is 8.51. The van der Waals surface area contributed by atoms with E-state index in [1.54, 1.807) is 18.2 Å². The third-order valence-corrected chi connectivity index (χ3v) is 10.6. The van der Waals surface area contributed by atoms with Gasteiger partial charge in [0, 0.05) is 49.2 Å². The van der Waals surface area contributed by atoms with Crippen molar-refractivity contribution in [2.75, 3.05) is 54.5 Å². The molecule has 1 amide bonds. The largest absolute Gasteiger partial charge is 0.369 e. The average Bonchev–Trinajstić information content (AvgIpc) is 3.45. The molecule has 3 heterocycles. The number of anilines is 4. The second kappa shape index (κ2) is 9.16. The quantitative estimate of drug-likeness (QED) is 0.501. The van der Waals surface area contributed by atoms with E-state index in [1.807, 2.05) is 7.05 Å². The molecule has 6 rings (SSSR count). The van der Waals surface area contributed by atoms with Gasteiger partial charge in [-0.25, -0.2) is 17.8 Å². The molecule has 5 atom stereocenters. The number of carbonyl (C=O) groups is 2. The molecule has 202 valence electrons. The number of ketones is 1. The van der Waals surface area contributed by atoms with Gasteiger partial charge < -0.3 is 26.2 Å². The van der Waals surface area contributed by atoms with Gasteiger partial charge in [-0.15, -0.1) is 0 Å². The van der Waals surface area contributed by atoms with E-state index >= 15 is 0 Å². The Kier molecular flexibility index (Phi) is 6.02. The number of rotatable bonds is 2. The molecule has 2 saturated carbocycles. The zero-order valence-corrected chi connectivity index (χ0v) is 21.7. The third kappa shape index (κ3) is 4.27. The maximum absolute atomic E-state index is 14.8. The Morgan fingerprint density at radius 3 is 2.68 bits per heavy atom. The summed E-state index contributed by atoms with van der Waals surface area (Å²) in [5, 5.41) is 5.14. The molecule has 6 bridgehead atoms. The molecule has 13 heteroatoms. The predicted molar refractivity (Wildman–Crippen MR) is 140 cm³/mol. The van der Waals surface area contributed by atoms with Crippen LogP contribution in [-0.2, 0) is 14.6 Å². The Balaban J connectivity index is 1.45. The van der Waals surface area contributed by atoms with Gasteiger partial charge in [-0.3, -0.25) is 9.59 Å². The van der Waals surface area contributed by atoms with E-state index in [1.165, 1.54) is 0 Å². The highest BCUT2D eigenvalue weighted by Crippen LogP contribution is 2.52. The van der Waals surface area contributed by atoms with Crippen molar-refractivity contribution >= 4 is 44.7 Å². The summed E-state index contributed by atoms with van der Waals surface area (Å²) in [4.78, 5) is 38.6. The minimum atomic E-state index is -3.89. The van der Waals surface area contributed by atoms with Crippen LogP contribution >= 0.6 is 0 Å². The molecule has 1 saturated heterocycles. The first-order chi connectivity index (χ1) is 18.1. The molecule has 0 radical (unpaired) electrons. The van der Waals surface area contributed by atoms with E-state index < -0.39 is 56.2 Å². The molecular formula is C25H30FN7O4S. The highest BCUT2D eigenvalue weighted by molar-refractivity contribution is 7.92. The van der Waals surface area contributed by atoms with Crippen molar-refractivity contribution in [3.8, 4) is 0 Å². The fourth-order valence-corrected chi connectivity index (χ4v) is 8.75. The molecule has 4 aliphatic rings. The number of piperazine rings is 1. The number of carbonyl (C=O) groups excluding carboxylic acids is 2. The molecule has 0 unspecified atom stereocenters. The van der Waals surface area contributed by atoms with Gasteiger partial charge in [-0.1, -0.05) is 0 Å². The minimum absolute atomic E-state index is 0.0969. The number of nitrogens with two attached hydrogens (primary N) is 1. The first-order valence-electron chi connectivity index (χ1n) is 12.8. The molecule has 3 fully saturated rings. The Labute approximate surface area is 219 Å². The van der Waals surface area contributed by atoms with Crippen molar-refractivity contribution in [2.24, 2.45) is 23.5 Å². The Bertz CT molecular complexity index is 1410. The second-order valence-corrected chi connectivity index (χ2v) is 13.0. The molecule has 2 aliphatic carbocycles. The zero-order chi connectivity index (χ0) is 26.8. The van der Waals surface area contributed by atoms with Gasteiger partial charge in [-0.2, -0.15) is 4.98 Å². The van der Waals surface area contributed by atoms with Gasteiger partial charge in [0.2, 0.25) is 11.9 Å². The van der Waals surface area contributed by atoms with Crippen molar-refractivity contribution < 1.29 is 22.4 Å². The lowest BCUT2D eigenvalue weighted by Gasteiger charge is -2.36. The fourth-order valence-electron chi connectivity index (χ4n) is 6.66. The number of primary amides is 1. The molecular weight excluding hydrogens is 513 g/mol. The summed E-state index contributed by atoms with van der Waals surface area (Å²) in [5.41, 5.74) is 7.14. The normalized spacial score (nSPS) is 30.3. The molecule has 4 N–H and O–H groups in total. The highest BCUT2D eigenvalue weighted by Gasteiger charge is 2.58. The molecule has 2 aromatic rings. The van der Waals surface area contributed by atoms with Crippen LogP contribution in [0.2, 0.25) is 0 Å². The van der Waals surface area contributed by atoms with Gasteiger partial charge >= 0.3 is 0 Å². The van der Waals surface area contributed by atoms with Crippen molar-refractivity contribution in [1.82, 2.24) is 14.9 Å². The van der Waals surface area contributed by atoms with Gasteiger partial charge in [0.15, 0.2) is 27.3 Å². The number of Topliss-reactive ketones (excluding diaryl/α,β-unsaturated/α-hetero) is 1. The van der Waals surface area contributed by atoms with E-state index in [4.69, 9.17) is 5.73 Å². The number of nitrogens with zero attached hydrogens (tertiary/aromatic N) is 4. The number of hydrogen-bond acceptors (Lipinski definition) is 10. The van der Waals surface area contributed by atoms with E-state index in [0.29, 0.717) is 36.4 Å². The number of hydrogen-bond donors (Lipinski definition) is 3. The van der Waals surface area contributed by atoms with Crippen LogP contribution in [0.25, 0.3) is 0 Å². The number of benzene rings is 1. The summed E-state index contributed by atoms with van der Waals surface area (Å²) < 4.78 is 42.1.